The molecule has 5 heteroatoms. The number of rotatable bonds is 8. The van der Waals surface area contributed by atoms with Crippen molar-refractivity contribution in [2.45, 2.75) is 25.9 Å². The number of ether oxygens (including phenoxy) is 1. The number of carbonyl (C=O) groups excluding carboxylic acids is 1. The van der Waals surface area contributed by atoms with Gasteiger partial charge in [0.25, 0.3) is 0 Å². The van der Waals surface area contributed by atoms with E-state index in [0.29, 0.717) is 19.6 Å². The first kappa shape index (κ1) is 17.7. The molecule has 126 valence electrons. The second-order valence-corrected chi connectivity index (χ2v) is 5.38. The molecule has 0 saturated heterocycles. The third kappa shape index (κ3) is 5.21. The second kappa shape index (κ2) is 8.84. The molecule has 0 radical (unpaired) electrons. The zero-order valence-corrected chi connectivity index (χ0v) is 13.6. The van der Waals surface area contributed by atoms with Crippen LogP contribution < -0.4 is 5.32 Å². The van der Waals surface area contributed by atoms with Gasteiger partial charge in [-0.05, 0) is 36.6 Å². The number of carboxylic acid groups (broad SMARTS) is 1. The lowest BCUT2D eigenvalue weighted by molar-refractivity contribution is -0.145. The van der Waals surface area contributed by atoms with Crippen LogP contribution in [-0.4, -0.2) is 29.7 Å². The van der Waals surface area contributed by atoms with Crippen LogP contribution in [0.5, 0.6) is 0 Å². The van der Waals surface area contributed by atoms with Gasteiger partial charge in [-0.15, -0.1) is 0 Å². The van der Waals surface area contributed by atoms with Crippen LogP contribution in [0.15, 0.2) is 54.6 Å². The summed E-state index contributed by atoms with van der Waals surface area (Å²) < 4.78 is 5.13. The molecule has 1 atom stereocenters. The summed E-state index contributed by atoms with van der Waals surface area (Å²) in [5.41, 5.74) is 2.06. The fourth-order valence-corrected chi connectivity index (χ4v) is 2.39. The largest absolute Gasteiger partial charge is 0.478 e. The number of aromatic carboxylic acids is 1. The van der Waals surface area contributed by atoms with Crippen LogP contribution in [-0.2, 0) is 22.5 Å². The quantitative estimate of drug-likeness (QED) is 0.729. The van der Waals surface area contributed by atoms with Gasteiger partial charge in [0.1, 0.15) is 6.04 Å². The molecule has 0 amide bonds. The number of hydrogen-bond donors (Lipinski definition) is 2. The summed E-state index contributed by atoms with van der Waals surface area (Å²) in [5.74, 6) is -1.28. The second-order valence-electron chi connectivity index (χ2n) is 5.38. The smallest absolute Gasteiger partial charge is 0.335 e. The highest BCUT2D eigenvalue weighted by Crippen LogP contribution is 2.08. The van der Waals surface area contributed by atoms with Crippen LogP contribution in [0, 0.1) is 0 Å². The minimum absolute atomic E-state index is 0.227. The Kier molecular flexibility index (Phi) is 6.51. The lowest BCUT2D eigenvalue weighted by atomic mass is 10.1. The molecule has 0 aromatic heterocycles. The Labute approximate surface area is 141 Å². The van der Waals surface area contributed by atoms with Crippen molar-refractivity contribution in [3.05, 3.63) is 71.3 Å². The number of nitrogens with one attached hydrogen (secondary N) is 1. The Morgan fingerprint density at radius 3 is 2.46 bits per heavy atom. The van der Waals surface area contributed by atoms with Crippen LogP contribution >= 0.6 is 0 Å². The van der Waals surface area contributed by atoms with Crippen molar-refractivity contribution in [3.8, 4) is 0 Å². The van der Waals surface area contributed by atoms with Gasteiger partial charge in [-0.2, -0.15) is 0 Å². The van der Waals surface area contributed by atoms with Crippen molar-refractivity contribution in [3.63, 3.8) is 0 Å². The summed E-state index contributed by atoms with van der Waals surface area (Å²) in [6.07, 6.45) is 0.512. The van der Waals surface area contributed by atoms with E-state index in [1.165, 1.54) is 0 Å². The molecule has 0 aliphatic carbocycles. The molecule has 1 unspecified atom stereocenters. The lowest BCUT2D eigenvalue weighted by Gasteiger charge is -2.17. The Morgan fingerprint density at radius 1 is 1.08 bits per heavy atom. The van der Waals surface area contributed by atoms with Crippen molar-refractivity contribution in [1.82, 2.24) is 5.32 Å². The number of hydrogen-bond acceptors (Lipinski definition) is 4. The molecule has 5 nitrogen and oxygen atoms in total. The normalized spacial score (nSPS) is 11.7. The van der Waals surface area contributed by atoms with Gasteiger partial charge < -0.3 is 15.2 Å². The zero-order valence-electron chi connectivity index (χ0n) is 13.6. The van der Waals surface area contributed by atoms with Crippen molar-refractivity contribution in [1.29, 1.82) is 0 Å². The highest BCUT2D eigenvalue weighted by molar-refractivity contribution is 5.87. The van der Waals surface area contributed by atoms with E-state index in [4.69, 9.17) is 9.84 Å². The molecule has 0 saturated carbocycles. The molecule has 2 aromatic carbocycles. The van der Waals surface area contributed by atoms with E-state index in [1.807, 2.05) is 36.4 Å². The predicted octanol–water partition coefficient (Wildman–Crippen LogP) is 2.65. The monoisotopic (exact) mass is 327 g/mol. The van der Waals surface area contributed by atoms with Crippen LogP contribution in [0.4, 0.5) is 0 Å². The molecule has 2 rings (SSSR count). The Bertz CT molecular complexity index is 685. The summed E-state index contributed by atoms with van der Waals surface area (Å²) >= 11 is 0. The van der Waals surface area contributed by atoms with Gasteiger partial charge in [0.05, 0.1) is 12.2 Å². The third-order valence-corrected chi connectivity index (χ3v) is 3.58. The number of carbonyl (C=O) groups is 2. The number of benzene rings is 2. The number of carboxylic acids is 1. The maximum absolute atomic E-state index is 12.2. The molecule has 0 bridgehead atoms. The predicted molar refractivity (Wildman–Crippen MR) is 90.8 cm³/mol. The van der Waals surface area contributed by atoms with E-state index in [9.17, 15) is 9.59 Å². The van der Waals surface area contributed by atoms with E-state index in [2.05, 4.69) is 5.32 Å². The molecule has 0 aliphatic rings. The third-order valence-electron chi connectivity index (χ3n) is 3.58. The van der Waals surface area contributed by atoms with E-state index in [1.54, 1.807) is 25.1 Å². The first-order valence-corrected chi connectivity index (χ1v) is 7.86. The molecule has 2 aromatic rings. The highest BCUT2D eigenvalue weighted by atomic mass is 16.5. The van der Waals surface area contributed by atoms with Crippen LogP contribution in [0.3, 0.4) is 0 Å². The molecule has 0 fully saturated rings. The Balaban J connectivity index is 2.06. The first-order valence-electron chi connectivity index (χ1n) is 7.86. The molecule has 2 N–H and O–H groups in total. The lowest BCUT2D eigenvalue weighted by Crippen LogP contribution is -2.39. The summed E-state index contributed by atoms with van der Waals surface area (Å²) in [5, 5.41) is 12.2. The van der Waals surface area contributed by atoms with Gasteiger partial charge in [-0.1, -0.05) is 42.5 Å². The van der Waals surface area contributed by atoms with Crippen LogP contribution in [0.2, 0.25) is 0 Å². The summed E-state index contributed by atoms with van der Waals surface area (Å²) in [7, 11) is 0. The van der Waals surface area contributed by atoms with Crippen molar-refractivity contribution < 1.29 is 19.4 Å². The standard InChI is InChI=1S/C19H21NO4/c1-2-24-19(23)17(12-14-7-4-3-5-8-14)20-13-15-9-6-10-16(11-15)18(21)22/h3-11,17,20H,2,12-13H2,1H3,(H,21,22). The Morgan fingerprint density at radius 2 is 1.79 bits per heavy atom. The number of esters is 1. The van der Waals surface area contributed by atoms with Gasteiger partial charge in [-0.25, -0.2) is 4.79 Å². The minimum atomic E-state index is -0.969. The molecule has 24 heavy (non-hydrogen) atoms. The van der Waals surface area contributed by atoms with E-state index in [-0.39, 0.29) is 11.5 Å². The maximum atomic E-state index is 12.2. The van der Waals surface area contributed by atoms with E-state index in [0.717, 1.165) is 11.1 Å². The van der Waals surface area contributed by atoms with Crippen LogP contribution in [0.1, 0.15) is 28.4 Å². The van der Waals surface area contributed by atoms with Crippen molar-refractivity contribution in [2.75, 3.05) is 6.61 Å². The zero-order chi connectivity index (χ0) is 17.4. The van der Waals surface area contributed by atoms with Gasteiger partial charge in [0.15, 0.2) is 0 Å². The summed E-state index contributed by atoms with van der Waals surface area (Å²) in [6.45, 7) is 2.48. The van der Waals surface area contributed by atoms with Gasteiger partial charge >= 0.3 is 11.9 Å². The average molecular weight is 327 g/mol. The molecular weight excluding hydrogens is 306 g/mol. The Hall–Kier alpha value is -2.66. The molecule has 0 aliphatic heterocycles. The van der Waals surface area contributed by atoms with E-state index < -0.39 is 12.0 Å². The average Bonchev–Trinajstić information content (AvgIpc) is 2.60. The summed E-state index contributed by atoms with van der Waals surface area (Å²) in [4.78, 5) is 23.2. The van der Waals surface area contributed by atoms with Crippen molar-refractivity contribution >= 4 is 11.9 Å². The van der Waals surface area contributed by atoms with Crippen LogP contribution in [0.25, 0.3) is 0 Å². The maximum Gasteiger partial charge on any atom is 0.335 e. The topological polar surface area (TPSA) is 75.6 Å². The highest BCUT2D eigenvalue weighted by Gasteiger charge is 2.19. The fraction of sp³-hybridized carbons (Fsp3) is 0.263. The fourth-order valence-electron chi connectivity index (χ4n) is 2.39. The van der Waals surface area contributed by atoms with Gasteiger partial charge in [0.2, 0.25) is 0 Å². The first-order chi connectivity index (χ1) is 11.6. The van der Waals surface area contributed by atoms with Gasteiger partial charge in [-0.3, -0.25) is 4.79 Å². The molecular formula is C19H21NO4. The van der Waals surface area contributed by atoms with Crippen molar-refractivity contribution in [2.24, 2.45) is 0 Å². The molecule has 0 heterocycles. The SMILES string of the molecule is CCOC(=O)C(Cc1ccccc1)NCc1cccc(C(=O)O)c1. The summed E-state index contributed by atoms with van der Waals surface area (Å²) in [6, 6.07) is 15.9. The molecule has 0 spiro atoms. The minimum Gasteiger partial charge on any atom is -0.478 e. The van der Waals surface area contributed by atoms with E-state index >= 15 is 0 Å². The van der Waals surface area contributed by atoms with Gasteiger partial charge in [0, 0.05) is 6.54 Å².